The summed E-state index contributed by atoms with van der Waals surface area (Å²) < 4.78 is 7.00. The second-order valence-corrected chi connectivity index (χ2v) is 5.86. The van der Waals surface area contributed by atoms with Gasteiger partial charge in [0.2, 0.25) is 11.8 Å². The summed E-state index contributed by atoms with van der Waals surface area (Å²) in [5.74, 6) is 0.207. The van der Waals surface area contributed by atoms with Gasteiger partial charge in [-0.3, -0.25) is 9.59 Å². The molecule has 1 saturated heterocycles. The van der Waals surface area contributed by atoms with E-state index in [2.05, 4.69) is 10.3 Å². The number of likely N-dealkylation sites (tertiary alicyclic amines) is 1. The summed E-state index contributed by atoms with van der Waals surface area (Å²) in [4.78, 5) is 31.2. The minimum absolute atomic E-state index is 0.00314. The van der Waals surface area contributed by atoms with Crippen molar-refractivity contribution in [2.75, 3.05) is 6.54 Å². The quantitative estimate of drug-likeness (QED) is 0.874. The molecule has 128 valence electrons. The molecule has 0 aliphatic carbocycles. The van der Waals surface area contributed by atoms with Gasteiger partial charge in [0, 0.05) is 44.0 Å². The third-order valence-electron chi connectivity index (χ3n) is 4.51. The van der Waals surface area contributed by atoms with Crippen molar-refractivity contribution in [2.45, 2.75) is 39.4 Å². The van der Waals surface area contributed by atoms with Gasteiger partial charge >= 0.3 is 0 Å². The standard InChI is InChI=1S/C17H22N4O3/c1-3-20-7-6-18-16(20)15-13(9-14(22)21(15)4-2)17(23)19-10-12-5-8-24-11-12/h5-8,11,13,15H,3-4,9-10H2,1-2H3,(H,19,23)/t13-,15-/m0/s1. The molecule has 0 saturated carbocycles. The van der Waals surface area contributed by atoms with E-state index in [-0.39, 0.29) is 24.3 Å². The normalized spacial score (nSPS) is 20.6. The molecule has 2 aromatic rings. The second-order valence-electron chi connectivity index (χ2n) is 5.86. The first kappa shape index (κ1) is 16.3. The Morgan fingerprint density at radius 2 is 2.25 bits per heavy atom. The molecule has 0 bridgehead atoms. The summed E-state index contributed by atoms with van der Waals surface area (Å²) in [7, 11) is 0. The Labute approximate surface area is 140 Å². The highest BCUT2D eigenvalue weighted by Crippen LogP contribution is 2.37. The molecule has 3 rings (SSSR count). The third-order valence-corrected chi connectivity index (χ3v) is 4.51. The number of hydrogen-bond donors (Lipinski definition) is 1. The minimum Gasteiger partial charge on any atom is -0.472 e. The second kappa shape index (κ2) is 6.90. The highest BCUT2D eigenvalue weighted by atomic mass is 16.3. The first-order chi connectivity index (χ1) is 11.7. The fraction of sp³-hybridized carbons (Fsp3) is 0.471. The number of nitrogens with zero attached hydrogens (tertiary/aromatic N) is 3. The van der Waals surface area contributed by atoms with Crippen LogP contribution in [-0.2, 0) is 22.7 Å². The molecule has 0 spiro atoms. The van der Waals surface area contributed by atoms with Crippen LogP contribution < -0.4 is 5.32 Å². The maximum Gasteiger partial charge on any atom is 0.226 e. The van der Waals surface area contributed by atoms with Crippen LogP contribution in [0.1, 0.15) is 37.7 Å². The number of carbonyl (C=O) groups excluding carboxylic acids is 2. The molecular weight excluding hydrogens is 308 g/mol. The predicted octanol–water partition coefficient (Wildman–Crippen LogP) is 1.72. The van der Waals surface area contributed by atoms with E-state index in [0.29, 0.717) is 13.1 Å². The summed E-state index contributed by atoms with van der Waals surface area (Å²) in [5, 5.41) is 2.91. The summed E-state index contributed by atoms with van der Waals surface area (Å²) in [6.45, 7) is 5.65. The number of rotatable bonds is 6. The summed E-state index contributed by atoms with van der Waals surface area (Å²) >= 11 is 0. The molecular formula is C17H22N4O3. The van der Waals surface area contributed by atoms with Crippen LogP contribution in [0.5, 0.6) is 0 Å². The zero-order chi connectivity index (χ0) is 17.1. The lowest BCUT2D eigenvalue weighted by molar-refractivity contribution is -0.129. The van der Waals surface area contributed by atoms with Gasteiger partial charge in [0.05, 0.1) is 18.4 Å². The maximum atomic E-state index is 12.7. The molecule has 7 nitrogen and oxygen atoms in total. The van der Waals surface area contributed by atoms with Gasteiger partial charge < -0.3 is 19.2 Å². The number of furan rings is 1. The van der Waals surface area contributed by atoms with Crippen molar-refractivity contribution >= 4 is 11.8 Å². The maximum absolute atomic E-state index is 12.7. The van der Waals surface area contributed by atoms with E-state index in [0.717, 1.165) is 17.9 Å². The van der Waals surface area contributed by atoms with Gasteiger partial charge in [0.25, 0.3) is 0 Å². The number of carbonyl (C=O) groups is 2. The number of amides is 2. The zero-order valence-corrected chi connectivity index (χ0v) is 13.9. The number of aromatic nitrogens is 2. The molecule has 1 aliphatic heterocycles. The van der Waals surface area contributed by atoms with Crippen LogP contribution in [0.15, 0.2) is 35.4 Å². The van der Waals surface area contributed by atoms with Crippen molar-refractivity contribution in [3.63, 3.8) is 0 Å². The fourth-order valence-electron chi connectivity index (χ4n) is 3.29. The minimum atomic E-state index is -0.433. The average Bonchev–Trinajstić information content (AvgIpc) is 3.31. The van der Waals surface area contributed by atoms with E-state index < -0.39 is 5.92 Å². The van der Waals surface area contributed by atoms with E-state index in [1.165, 1.54) is 0 Å². The van der Waals surface area contributed by atoms with Crippen molar-refractivity contribution in [3.05, 3.63) is 42.4 Å². The summed E-state index contributed by atoms with van der Waals surface area (Å²) in [6, 6.07) is 1.49. The van der Waals surface area contributed by atoms with Crippen LogP contribution in [0.25, 0.3) is 0 Å². The molecule has 7 heteroatoms. The Morgan fingerprint density at radius 1 is 1.42 bits per heavy atom. The van der Waals surface area contributed by atoms with Crippen LogP contribution in [0, 0.1) is 5.92 Å². The van der Waals surface area contributed by atoms with E-state index in [1.807, 2.05) is 24.6 Å². The Kier molecular flexibility index (Phi) is 4.69. The highest BCUT2D eigenvalue weighted by Gasteiger charge is 2.45. The SMILES string of the molecule is CCN1C(=O)C[C@H](C(=O)NCc2ccoc2)[C@H]1c1nccn1CC. The van der Waals surface area contributed by atoms with Gasteiger partial charge in [-0.2, -0.15) is 0 Å². The molecule has 1 fully saturated rings. The van der Waals surface area contributed by atoms with Gasteiger partial charge in [-0.25, -0.2) is 4.98 Å². The Morgan fingerprint density at radius 3 is 2.92 bits per heavy atom. The van der Waals surface area contributed by atoms with Crippen LogP contribution in [0.4, 0.5) is 0 Å². The summed E-state index contributed by atoms with van der Waals surface area (Å²) in [5.41, 5.74) is 0.895. The monoisotopic (exact) mass is 330 g/mol. The molecule has 2 atom stereocenters. The lowest BCUT2D eigenvalue weighted by Gasteiger charge is -2.26. The smallest absolute Gasteiger partial charge is 0.226 e. The molecule has 3 heterocycles. The van der Waals surface area contributed by atoms with E-state index in [9.17, 15) is 9.59 Å². The van der Waals surface area contributed by atoms with Gasteiger partial charge in [-0.15, -0.1) is 0 Å². The van der Waals surface area contributed by atoms with Crippen molar-refractivity contribution in [2.24, 2.45) is 5.92 Å². The molecule has 1 N–H and O–H groups in total. The van der Waals surface area contributed by atoms with Crippen LogP contribution in [0.2, 0.25) is 0 Å². The first-order valence-corrected chi connectivity index (χ1v) is 8.25. The van der Waals surface area contributed by atoms with Crippen molar-refractivity contribution in [1.29, 1.82) is 0 Å². The first-order valence-electron chi connectivity index (χ1n) is 8.25. The molecule has 2 aromatic heterocycles. The van der Waals surface area contributed by atoms with Crippen molar-refractivity contribution < 1.29 is 14.0 Å². The molecule has 0 aromatic carbocycles. The van der Waals surface area contributed by atoms with Gasteiger partial charge in [0.1, 0.15) is 11.9 Å². The summed E-state index contributed by atoms with van der Waals surface area (Å²) in [6.07, 6.45) is 6.98. The van der Waals surface area contributed by atoms with Crippen LogP contribution in [0.3, 0.4) is 0 Å². The van der Waals surface area contributed by atoms with Gasteiger partial charge in [-0.05, 0) is 19.9 Å². The number of imidazole rings is 1. The van der Waals surface area contributed by atoms with Crippen molar-refractivity contribution in [1.82, 2.24) is 19.8 Å². The Balaban J connectivity index is 1.81. The van der Waals surface area contributed by atoms with E-state index >= 15 is 0 Å². The van der Waals surface area contributed by atoms with Crippen LogP contribution in [-0.4, -0.2) is 32.8 Å². The number of aryl methyl sites for hydroxylation is 1. The molecule has 0 radical (unpaired) electrons. The molecule has 24 heavy (non-hydrogen) atoms. The lowest BCUT2D eigenvalue weighted by Crippen LogP contribution is -2.36. The number of nitrogens with one attached hydrogen (secondary N) is 1. The number of hydrogen-bond acceptors (Lipinski definition) is 4. The van der Waals surface area contributed by atoms with Gasteiger partial charge in [0.15, 0.2) is 0 Å². The Hall–Kier alpha value is -2.57. The molecule has 0 unspecified atom stereocenters. The molecule has 2 amide bonds. The van der Waals surface area contributed by atoms with Gasteiger partial charge in [-0.1, -0.05) is 0 Å². The largest absolute Gasteiger partial charge is 0.472 e. The van der Waals surface area contributed by atoms with Crippen LogP contribution >= 0.6 is 0 Å². The highest BCUT2D eigenvalue weighted by molar-refractivity contribution is 5.90. The Bertz CT molecular complexity index is 707. The predicted molar refractivity (Wildman–Crippen MR) is 86.7 cm³/mol. The fourth-order valence-corrected chi connectivity index (χ4v) is 3.29. The zero-order valence-electron chi connectivity index (χ0n) is 13.9. The topological polar surface area (TPSA) is 80.4 Å². The van der Waals surface area contributed by atoms with Crippen molar-refractivity contribution in [3.8, 4) is 0 Å². The average molecular weight is 330 g/mol. The van der Waals surface area contributed by atoms with E-state index in [1.54, 1.807) is 29.7 Å². The van der Waals surface area contributed by atoms with E-state index in [4.69, 9.17) is 4.42 Å². The lowest BCUT2D eigenvalue weighted by atomic mass is 9.98. The molecule has 1 aliphatic rings. The third kappa shape index (κ3) is 2.93.